The van der Waals surface area contributed by atoms with Crippen LogP contribution in [0.15, 0.2) is 53.7 Å². The first-order valence-corrected chi connectivity index (χ1v) is 9.41. The van der Waals surface area contributed by atoms with E-state index in [1.165, 1.54) is 28.6 Å². The van der Waals surface area contributed by atoms with Crippen LogP contribution in [0, 0.1) is 17.1 Å². The van der Waals surface area contributed by atoms with E-state index in [-0.39, 0.29) is 5.82 Å². The van der Waals surface area contributed by atoms with Crippen molar-refractivity contribution in [1.29, 1.82) is 5.26 Å². The lowest BCUT2D eigenvalue weighted by Gasteiger charge is -2.04. The number of nitriles is 1. The smallest absolute Gasteiger partial charge is 0.207 e. The molecule has 0 aliphatic carbocycles. The Hall–Kier alpha value is -2.72. The minimum atomic E-state index is -0.342. The number of nitrogens with zero attached hydrogens (tertiary/aromatic N) is 5. The molecule has 136 valence electrons. The molecule has 3 aromatic rings. The third kappa shape index (κ3) is 5.97. The highest BCUT2D eigenvalue weighted by Gasteiger charge is 2.10. The summed E-state index contributed by atoms with van der Waals surface area (Å²) in [7, 11) is 0. The van der Waals surface area contributed by atoms with E-state index < -0.39 is 0 Å². The van der Waals surface area contributed by atoms with Crippen molar-refractivity contribution >= 4 is 11.8 Å². The zero-order valence-corrected chi connectivity index (χ0v) is 16.2. The molecule has 5 nitrogen and oxygen atoms in total. The third-order valence-electron chi connectivity index (χ3n) is 2.92. The summed E-state index contributed by atoms with van der Waals surface area (Å²) in [6.07, 6.45) is 0. The summed E-state index contributed by atoms with van der Waals surface area (Å²) in [5, 5.41) is 21.0. The van der Waals surface area contributed by atoms with E-state index in [0.717, 1.165) is 5.56 Å². The highest BCUT2D eigenvalue weighted by molar-refractivity contribution is 7.98. The van der Waals surface area contributed by atoms with Gasteiger partial charge in [0, 0.05) is 5.75 Å². The first kappa shape index (κ1) is 21.3. The van der Waals surface area contributed by atoms with Gasteiger partial charge in [-0.2, -0.15) is 9.94 Å². The molecular weight excluding hydrogens is 349 g/mol. The number of tetrazole rings is 1. The van der Waals surface area contributed by atoms with Crippen molar-refractivity contribution in [3.63, 3.8) is 0 Å². The predicted molar refractivity (Wildman–Crippen MR) is 103 cm³/mol. The second-order valence-electron chi connectivity index (χ2n) is 4.45. The molecule has 2 aromatic carbocycles. The summed E-state index contributed by atoms with van der Waals surface area (Å²) in [5.41, 5.74) is 2.18. The van der Waals surface area contributed by atoms with Gasteiger partial charge in [-0.1, -0.05) is 57.7 Å². The molecule has 0 spiro atoms. The Kier molecular flexibility index (Phi) is 9.65. The van der Waals surface area contributed by atoms with Crippen LogP contribution in [0.25, 0.3) is 5.69 Å². The monoisotopic (exact) mass is 371 g/mol. The van der Waals surface area contributed by atoms with Crippen LogP contribution in [-0.4, -0.2) is 20.2 Å². The maximum absolute atomic E-state index is 13.3. The largest absolute Gasteiger partial charge is 0.214 e. The molecule has 0 atom stereocenters. The summed E-state index contributed by atoms with van der Waals surface area (Å²) < 4.78 is 14.8. The average molecular weight is 371 g/mol. The highest BCUT2D eigenvalue weighted by atomic mass is 32.2. The fourth-order valence-electron chi connectivity index (χ4n) is 1.92. The highest BCUT2D eigenvalue weighted by Crippen LogP contribution is 2.23. The van der Waals surface area contributed by atoms with Gasteiger partial charge < -0.3 is 0 Å². The maximum atomic E-state index is 13.3. The quantitative estimate of drug-likeness (QED) is 0.603. The van der Waals surface area contributed by atoms with Crippen LogP contribution in [0.3, 0.4) is 0 Å². The van der Waals surface area contributed by atoms with E-state index in [9.17, 15) is 4.39 Å². The van der Waals surface area contributed by atoms with Crippen LogP contribution in [-0.2, 0) is 5.75 Å². The molecule has 3 rings (SSSR count). The van der Waals surface area contributed by atoms with Crippen molar-refractivity contribution < 1.29 is 4.39 Å². The Morgan fingerprint density at radius 3 is 2.50 bits per heavy atom. The molecule has 0 amide bonds. The number of benzene rings is 2. The van der Waals surface area contributed by atoms with Gasteiger partial charge in [0.2, 0.25) is 5.16 Å². The minimum absolute atomic E-state index is 0.342. The van der Waals surface area contributed by atoms with Crippen LogP contribution < -0.4 is 0 Å². The average Bonchev–Trinajstić information content (AvgIpc) is 3.18. The van der Waals surface area contributed by atoms with Crippen molar-refractivity contribution in [3.05, 3.63) is 65.5 Å². The molecule has 0 N–H and O–H groups in total. The molecule has 0 radical (unpaired) electrons. The molecule has 0 bridgehead atoms. The molecule has 0 saturated carbocycles. The molecule has 0 unspecified atom stereocenters. The topological polar surface area (TPSA) is 67.4 Å². The Labute approximate surface area is 157 Å². The van der Waals surface area contributed by atoms with Crippen LogP contribution in [0.2, 0.25) is 0 Å². The molecule has 1 heterocycles. The fraction of sp³-hybridized carbons (Fsp3) is 0.263. The molecule has 0 saturated heterocycles. The normalized spacial score (nSPS) is 9.23. The van der Waals surface area contributed by atoms with E-state index >= 15 is 0 Å². The zero-order chi connectivity index (χ0) is 19.4. The zero-order valence-electron chi connectivity index (χ0n) is 15.3. The number of thioether (sulfide) groups is 1. The maximum Gasteiger partial charge on any atom is 0.214 e. The summed E-state index contributed by atoms with van der Waals surface area (Å²) in [6, 6.07) is 15.5. The van der Waals surface area contributed by atoms with Crippen molar-refractivity contribution in [1.82, 2.24) is 20.2 Å². The minimum Gasteiger partial charge on any atom is -0.207 e. The summed E-state index contributed by atoms with van der Waals surface area (Å²) >= 11 is 1.42. The van der Waals surface area contributed by atoms with Gasteiger partial charge >= 0.3 is 0 Å². The molecule has 0 fully saturated rings. The Morgan fingerprint density at radius 2 is 1.81 bits per heavy atom. The van der Waals surface area contributed by atoms with Gasteiger partial charge in [-0.15, -0.1) is 5.10 Å². The van der Waals surface area contributed by atoms with Crippen molar-refractivity contribution in [2.75, 3.05) is 0 Å². The number of hydrogen-bond donors (Lipinski definition) is 0. The fourth-order valence-corrected chi connectivity index (χ4v) is 2.75. The van der Waals surface area contributed by atoms with Crippen LogP contribution in [0.5, 0.6) is 0 Å². The molecule has 26 heavy (non-hydrogen) atoms. The first-order chi connectivity index (χ1) is 12.8. The number of rotatable bonds is 4. The lowest BCUT2D eigenvalue weighted by molar-refractivity contribution is 0.623. The lowest BCUT2D eigenvalue weighted by atomic mass is 10.2. The van der Waals surface area contributed by atoms with E-state index in [0.29, 0.717) is 22.2 Å². The van der Waals surface area contributed by atoms with Gasteiger partial charge in [0.05, 0.1) is 17.3 Å². The second-order valence-corrected chi connectivity index (χ2v) is 5.40. The van der Waals surface area contributed by atoms with Gasteiger partial charge in [0.1, 0.15) is 5.82 Å². The Bertz CT molecular complexity index is 842. The number of hydrogen-bond acceptors (Lipinski definition) is 5. The van der Waals surface area contributed by atoms with Gasteiger partial charge in [-0.05, 0) is 46.3 Å². The Morgan fingerprint density at radius 1 is 1.08 bits per heavy atom. The number of aromatic nitrogens is 4. The van der Waals surface area contributed by atoms with E-state index in [1.54, 1.807) is 18.2 Å². The first-order valence-electron chi connectivity index (χ1n) is 8.42. The van der Waals surface area contributed by atoms with E-state index in [2.05, 4.69) is 21.6 Å². The van der Waals surface area contributed by atoms with Crippen LogP contribution in [0.1, 0.15) is 38.8 Å². The molecule has 1 aromatic heterocycles. The van der Waals surface area contributed by atoms with Crippen LogP contribution >= 0.6 is 11.8 Å². The number of halogens is 1. The lowest BCUT2D eigenvalue weighted by Crippen LogP contribution is -1.99. The van der Waals surface area contributed by atoms with Crippen molar-refractivity contribution in [2.24, 2.45) is 0 Å². The van der Waals surface area contributed by atoms with Gasteiger partial charge in [0.25, 0.3) is 0 Å². The van der Waals surface area contributed by atoms with Crippen LogP contribution in [0.4, 0.5) is 4.39 Å². The predicted octanol–water partition coefficient (Wildman–Crippen LogP) is 5.02. The Balaban J connectivity index is 0.000000791. The van der Waals surface area contributed by atoms with Gasteiger partial charge in [0.15, 0.2) is 0 Å². The third-order valence-corrected chi connectivity index (χ3v) is 3.91. The standard InChI is InChI=1S/C15H10FN5S.2C2H6/c16-13-5-2-6-14(8-13)21-15(18-19-20-21)22-10-12-4-1-3-11(7-12)9-17;2*1-2/h1-8H,10H2;2*1-2H3. The molecule has 0 aliphatic heterocycles. The van der Waals surface area contributed by atoms with E-state index in [1.807, 2.05) is 45.9 Å². The summed E-state index contributed by atoms with van der Waals surface area (Å²) in [5.74, 6) is 0.274. The summed E-state index contributed by atoms with van der Waals surface area (Å²) in [6.45, 7) is 8.00. The van der Waals surface area contributed by atoms with Gasteiger partial charge in [-0.25, -0.2) is 4.39 Å². The molecule has 0 aliphatic rings. The van der Waals surface area contributed by atoms with Crippen molar-refractivity contribution in [3.8, 4) is 11.8 Å². The SMILES string of the molecule is CC.CC.N#Cc1cccc(CSc2nnnn2-c2cccc(F)c2)c1. The molecular formula is C19H22FN5S. The van der Waals surface area contributed by atoms with Gasteiger partial charge in [-0.3, -0.25) is 0 Å². The summed E-state index contributed by atoms with van der Waals surface area (Å²) in [4.78, 5) is 0. The van der Waals surface area contributed by atoms with E-state index in [4.69, 9.17) is 5.26 Å². The second kappa shape index (κ2) is 11.8. The van der Waals surface area contributed by atoms with Crippen molar-refractivity contribution in [2.45, 2.75) is 38.6 Å². The molecule has 7 heteroatoms.